The number of aryl methyl sites for hydroxylation is 4. The van der Waals surface area contributed by atoms with Gasteiger partial charge >= 0.3 is 0 Å². The van der Waals surface area contributed by atoms with E-state index >= 15 is 0 Å². The summed E-state index contributed by atoms with van der Waals surface area (Å²) in [6.07, 6.45) is 1.55. The standard InChI is InChI=1S/C28H30ClN5O/c1-17-11-18(2)13-22(12-17)25-16-26-30-20(4)14-27(34(26)32-25)33-9-7-21(8-10-33)28(35)31-23-6-5-19(3)24(29)15-23/h5-6,11-16,21H,7-10H2,1-4H3,(H,31,35). The van der Waals surface area contributed by atoms with E-state index in [-0.39, 0.29) is 11.8 Å². The first kappa shape index (κ1) is 23.4. The molecule has 0 unspecified atom stereocenters. The first-order valence-corrected chi connectivity index (χ1v) is 12.4. The third-order valence-corrected chi connectivity index (χ3v) is 7.09. The van der Waals surface area contributed by atoms with E-state index in [0.29, 0.717) is 5.02 Å². The van der Waals surface area contributed by atoms with Gasteiger partial charge in [0.1, 0.15) is 5.82 Å². The summed E-state index contributed by atoms with van der Waals surface area (Å²) in [5.41, 5.74) is 7.99. The van der Waals surface area contributed by atoms with Gasteiger partial charge in [-0.15, -0.1) is 0 Å². The largest absolute Gasteiger partial charge is 0.356 e. The molecule has 1 aliphatic heterocycles. The Kier molecular flexibility index (Phi) is 6.24. The van der Waals surface area contributed by atoms with Crippen LogP contribution in [0.1, 0.15) is 35.2 Å². The van der Waals surface area contributed by atoms with Crippen LogP contribution in [0.15, 0.2) is 48.5 Å². The van der Waals surface area contributed by atoms with Crippen molar-refractivity contribution in [2.45, 2.75) is 40.5 Å². The van der Waals surface area contributed by atoms with E-state index in [4.69, 9.17) is 21.7 Å². The number of carbonyl (C=O) groups excluding carboxylic acids is 1. The Morgan fingerprint density at radius 3 is 2.37 bits per heavy atom. The van der Waals surface area contributed by atoms with Gasteiger partial charge < -0.3 is 10.2 Å². The summed E-state index contributed by atoms with van der Waals surface area (Å²) >= 11 is 6.22. The molecule has 0 saturated carbocycles. The summed E-state index contributed by atoms with van der Waals surface area (Å²) in [7, 11) is 0. The zero-order valence-electron chi connectivity index (χ0n) is 20.6. The molecule has 5 rings (SSSR count). The molecule has 2 aromatic carbocycles. The fourth-order valence-electron chi connectivity index (χ4n) is 4.86. The molecule has 1 amide bonds. The molecule has 0 atom stereocenters. The van der Waals surface area contributed by atoms with Crippen LogP contribution in [0.2, 0.25) is 5.02 Å². The second-order valence-corrected chi connectivity index (χ2v) is 10.1. The lowest BCUT2D eigenvalue weighted by Gasteiger charge is -2.33. The van der Waals surface area contributed by atoms with Crippen molar-refractivity contribution in [1.29, 1.82) is 0 Å². The number of carbonyl (C=O) groups is 1. The number of rotatable bonds is 4. The van der Waals surface area contributed by atoms with Crippen molar-refractivity contribution in [3.8, 4) is 11.3 Å². The molecule has 35 heavy (non-hydrogen) atoms. The van der Waals surface area contributed by atoms with Gasteiger partial charge in [0, 0.05) is 53.1 Å². The monoisotopic (exact) mass is 487 g/mol. The molecule has 1 aliphatic rings. The van der Waals surface area contributed by atoms with Crippen molar-refractivity contribution < 1.29 is 4.79 Å². The molecule has 4 aromatic rings. The third-order valence-electron chi connectivity index (χ3n) is 6.68. The van der Waals surface area contributed by atoms with Crippen molar-refractivity contribution in [3.05, 3.63) is 75.9 Å². The number of piperidine rings is 1. The molecular formula is C28H30ClN5O. The van der Waals surface area contributed by atoms with E-state index in [9.17, 15) is 4.79 Å². The number of aromatic nitrogens is 3. The van der Waals surface area contributed by atoms with Crippen LogP contribution in [0.5, 0.6) is 0 Å². The van der Waals surface area contributed by atoms with Gasteiger partial charge in [0.25, 0.3) is 0 Å². The van der Waals surface area contributed by atoms with Crippen molar-refractivity contribution in [2.75, 3.05) is 23.3 Å². The fraction of sp³-hybridized carbons (Fsp3) is 0.321. The first-order chi connectivity index (χ1) is 16.8. The Hall–Kier alpha value is -3.38. The van der Waals surface area contributed by atoms with Gasteiger partial charge in [-0.05, 0) is 70.4 Å². The zero-order chi connectivity index (χ0) is 24.7. The highest BCUT2D eigenvalue weighted by atomic mass is 35.5. The molecule has 1 saturated heterocycles. The van der Waals surface area contributed by atoms with Crippen LogP contribution in [0.4, 0.5) is 11.5 Å². The van der Waals surface area contributed by atoms with E-state index < -0.39 is 0 Å². The van der Waals surface area contributed by atoms with Crippen molar-refractivity contribution in [3.63, 3.8) is 0 Å². The maximum atomic E-state index is 12.9. The zero-order valence-corrected chi connectivity index (χ0v) is 21.4. The SMILES string of the molecule is Cc1cc(C)cc(-c2cc3nc(C)cc(N4CCC(C(=O)Nc5ccc(C)c(Cl)c5)CC4)n3n2)c1. The summed E-state index contributed by atoms with van der Waals surface area (Å²) in [5.74, 6) is 1.04. The van der Waals surface area contributed by atoms with E-state index in [2.05, 4.69) is 54.4 Å². The number of fused-ring (bicyclic) bond motifs is 1. The molecule has 1 fully saturated rings. The number of amides is 1. The predicted molar refractivity (Wildman–Crippen MR) is 142 cm³/mol. The van der Waals surface area contributed by atoms with Crippen LogP contribution in [0.3, 0.4) is 0 Å². The van der Waals surface area contributed by atoms with Crippen molar-refractivity contribution >= 4 is 34.7 Å². The van der Waals surface area contributed by atoms with E-state index in [0.717, 1.165) is 65.6 Å². The van der Waals surface area contributed by atoms with Crippen molar-refractivity contribution in [1.82, 2.24) is 14.6 Å². The molecule has 2 aromatic heterocycles. The summed E-state index contributed by atoms with van der Waals surface area (Å²) in [6, 6.07) is 16.3. The molecule has 0 spiro atoms. The van der Waals surface area contributed by atoms with Crippen LogP contribution in [0.25, 0.3) is 16.9 Å². The van der Waals surface area contributed by atoms with Gasteiger partial charge in [0.15, 0.2) is 5.65 Å². The Balaban J connectivity index is 1.34. The number of hydrogen-bond acceptors (Lipinski definition) is 4. The highest BCUT2D eigenvalue weighted by Crippen LogP contribution is 2.29. The number of nitrogens with one attached hydrogen (secondary N) is 1. The molecule has 0 radical (unpaired) electrons. The summed E-state index contributed by atoms with van der Waals surface area (Å²) in [5, 5.41) is 8.62. The normalized spacial score (nSPS) is 14.5. The Bertz CT molecular complexity index is 1400. The minimum Gasteiger partial charge on any atom is -0.356 e. The van der Waals surface area contributed by atoms with E-state index in [1.165, 1.54) is 11.1 Å². The Labute approximate surface area is 210 Å². The second kappa shape index (κ2) is 9.34. The van der Waals surface area contributed by atoms with E-state index in [1.807, 2.05) is 36.6 Å². The molecule has 0 bridgehead atoms. The van der Waals surface area contributed by atoms with Crippen LogP contribution < -0.4 is 10.2 Å². The molecule has 6 nitrogen and oxygen atoms in total. The lowest BCUT2D eigenvalue weighted by atomic mass is 9.95. The average Bonchev–Trinajstić information content (AvgIpc) is 3.24. The number of nitrogens with zero attached hydrogens (tertiary/aromatic N) is 4. The third kappa shape index (κ3) is 4.89. The fourth-order valence-corrected chi connectivity index (χ4v) is 5.04. The van der Waals surface area contributed by atoms with Gasteiger partial charge in [0.05, 0.1) is 5.69 Å². The maximum absolute atomic E-state index is 12.9. The summed E-state index contributed by atoms with van der Waals surface area (Å²) in [6.45, 7) is 9.74. The number of hydrogen-bond donors (Lipinski definition) is 1. The maximum Gasteiger partial charge on any atom is 0.227 e. The lowest BCUT2D eigenvalue weighted by Crippen LogP contribution is -2.39. The van der Waals surface area contributed by atoms with Crippen LogP contribution in [-0.4, -0.2) is 33.6 Å². The van der Waals surface area contributed by atoms with Gasteiger partial charge in [-0.2, -0.15) is 9.61 Å². The molecule has 180 valence electrons. The van der Waals surface area contributed by atoms with E-state index in [1.54, 1.807) is 0 Å². The summed E-state index contributed by atoms with van der Waals surface area (Å²) in [4.78, 5) is 19.9. The predicted octanol–water partition coefficient (Wildman–Crippen LogP) is 6.14. The van der Waals surface area contributed by atoms with Gasteiger partial charge in [0.2, 0.25) is 5.91 Å². The van der Waals surface area contributed by atoms with Gasteiger partial charge in [-0.25, -0.2) is 4.98 Å². The molecule has 3 heterocycles. The smallest absolute Gasteiger partial charge is 0.227 e. The lowest BCUT2D eigenvalue weighted by molar-refractivity contribution is -0.120. The number of benzene rings is 2. The van der Waals surface area contributed by atoms with Gasteiger partial charge in [-0.1, -0.05) is 34.9 Å². The number of halogens is 1. The topological polar surface area (TPSA) is 62.5 Å². The number of anilines is 2. The summed E-state index contributed by atoms with van der Waals surface area (Å²) < 4.78 is 1.94. The minimum absolute atomic E-state index is 0.0341. The molecular weight excluding hydrogens is 458 g/mol. The van der Waals surface area contributed by atoms with Crippen molar-refractivity contribution in [2.24, 2.45) is 5.92 Å². The Morgan fingerprint density at radius 1 is 0.971 bits per heavy atom. The molecule has 7 heteroatoms. The quantitative estimate of drug-likeness (QED) is 0.375. The molecule has 0 aliphatic carbocycles. The molecule has 1 N–H and O–H groups in total. The van der Waals surface area contributed by atoms with Gasteiger partial charge in [-0.3, -0.25) is 4.79 Å². The average molecular weight is 488 g/mol. The van der Waals surface area contributed by atoms with Crippen LogP contribution in [-0.2, 0) is 4.79 Å². The Morgan fingerprint density at radius 2 is 1.69 bits per heavy atom. The minimum atomic E-state index is -0.0341. The second-order valence-electron chi connectivity index (χ2n) is 9.65. The highest BCUT2D eigenvalue weighted by molar-refractivity contribution is 6.31. The first-order valence-electron chi connectivity index (χ1n) is 12.0. The van der Waals surface area contributed by atoms with Crippen LogP contribution >= 0.6 is 11.6 Å². The highest BCUT2D eigenvalue weighted by Gasteiger charge is 2.27. The van der Waals surface area contributed by atoms with Crippen LogP contribution in [0, 0.1) is 33.6 Å².